The van der Waals surface area contributed by atoms with Crippen molar-refractivity contribution in [3.05, 3.63) is 11.9 Å². The van der Waals surface area contributed by atoms with Crippen LogP contribution in [0.4, 0.5) is 4.79 Å². The van der Waals surface area contributed by atoms with Crippen LogP contribution in [-0.4, -0.2) is 75.8 Å². The minimum atomic E-state index is -0.177. The van der Waals surface area contributed by atoms with E-state index in [0.29, 0.717) is 25.3 Å². The van der Waals surface area contributed by atoms with E-state index in [1.165, 1.54) is 0 Å². The molecular weight excluding hydrogens is 310 g/mol. The number of likely N-dealkylation sites (tertiary alicyclic amines) is 2. The minimum Gasteiger partial charge on any atom is -0.450 e. The van der Waals surface area contributed by atoms with Crippen molar-refractivity contribution in [1.29, 1.82) is 0 Å². The zero-order chi connectivity index (χ0) is 16.5. The Bertz CT molecular complexity index is 584. The van der Waals surface area contributed by atoms with Gasteiger partial charge in [-0.15, -0.1) is 5.10 Å². The van der Waals surface area contributed by atoms with E-state index < -0.39 is 0 Å². The molecule has 0 aromatic carbocycles. The van der Waals surface area contributed by atoms with Gasteiger partial charge in [-0.1, -0.05) is 5.21 Å². The highest BCUT2D eigenvalue weighted by Gasteiger charge is 2.39. The molecule has 0 N–H and O–H groups in total. The number of carbonyl (C=O) groups excluding carboxylic acids is 1. The molecule has 1 aromatic rings. The lowest BCUT2D eigenvalue weighted by Crippen LogP contribution is -2.54. The fraction of sp³-hybridized carbons (Fsp3) is 0.812. The number of amides is 1. The predicted octanol–water partition coefficient (Wildman–Crippen LogP) is 1.04. The normalized spacial score (nSPS) is 28.3. The SMILES string of the molecule is CCOC(=O)N1CCC(N2CC[C@H]3[C@H](C2)OCc2cnnn23)CC1. The van der Waals surface area contributed by atoms with Crippen molar-refractivity contribution in [2.24, 2.45) is 0 Å². The number of aromatic nitrogens is 3. The summed E-state index contributed by atoms with van der Waals surface area (Å²) in [5.41, 5.74) is 1.08. The molecule has 0 aliphatic carbocycles. The van der Waals surface area contributed by atoms with Gasteiger partial charge >= 0.3 is 6.09 Å². The molecule has 3 aliphatic rings. The lowest BCUT2D eigenvalue weighted by Gasteiger charge is -2.45. The van der Waals surface area contributed by atoms with Crippen LogP contribution in [0.15, 0.2) is 6.20 Å². The molecule has 8 nitrogen and oxygen atoms in total. The van der Waals surface area contributed by atoms with Gasteiger partial charge in [-0.2, -0.15) is 0 Å². The van der Waals surface area contributed by atoms with Gasteiger partial charge in [0.15, 0.2) is 0 Å². The lowest BCUT2D eigenvalue weighted by atomic mass is 9.95. The molecule has 24 heavy (non-hydrogen) atoms. The van der Waals surface area contributed by atoms with E-state index in [-0.39, 0.29) is 12.2 Å². The molecule has 0 spiro atoms. The van der Waals surface area contributed by atoms with Crippen LogP contribution < -0.4 is 0 Å². The maximum Gasteiger partial charge on any atom is 0.409 e. The molecule has 0 unspecified atom stereocenters. The second-order valence-corrected chi connectivity index (χ2v) is 6.79. The Balaban J connectivity index is 1.33. The second kappa shape index (κ2) is 6.68. The Morgan fingerprint density at radius 3 is 2.96 bits per heavy atom. The van der Waals surface area contributed by atoms with Crippen molar-refractivity contribution in [3.63, 3.8) is 0 Å². The molecule has 4 heterocycles. The highest BCUT2D eigenvalue weighted by molar-refractivity contribution is 5.67. The second-order valence-electron chi connectivity index (χ2n) is 6.79. The van der Waals surface area contributed by atoms with Gasteiger partial charge in [0, 0.05) is 32.2 Å². The summed E-state index contributed by atoms with van der Waals surface area (Å²) in [5.74, 6) is 0. The highest BCUT2D eigenvalue weighted by atomic mass is 16.6. The summed E-state index contributed by atoms with van der Waals surface area (Å²) >= 11 is 0. The molecule has 1 aromatic heterocycles. The van der Waals surface area contributed by atoms with Crippen molar-refractivity contribution in [3.8, 4) is 0 Å². The van der Waals surface area contributed by atoms with Gasteiger partial charge in [-0.3, -0.25) is 4.90 Å². The molecule has 2 saturated heterocycles. The molecule has 132 valence electrons. The Kier molecular flexibility index (Phi) is 4.41. The first kappa shape index (κ1) is 15.8. The van der Waals surface area contributed by atoms with Gasteiger partial charge in [0.1, 0.15) is 0 Å². The predicted molar refractivity (Wildman–Crippen MR) is 85.4 cm³/mol. The number of fused-ring (bicyclic) bond motifs is 3. The van der Waals surface area contributed by atoms with E-state index in [4.69, 9.17) is 9.47 Å². The van der Waals surface area contributed by atoms with Gasteiger partial charge in [0.25, 0.3) is 0 Å². The van der Waals surface area contributed by atoms with Crippen molar-refractivity contribution < 1.29 is 14.3 Å². The largest absolute Gasteiger partial charge is 0.450 e. The molecule has 0 radical (unpaired) electrons. The number of piperidine rings is 2. The van der Waals surface area contributed by atoms with Gasteiger partial charge in [0.2, 0.25) is 0 Å². The fourth-order valence-corrected chi connectivity index (χ4v) is 4.17. The van der Waals surface area contributed by atoms with E-state index in [1.807, 2.05) is 11.8 Å². The number of carbonyl (C=O) groups is 1. The molecular formula is C16H25N5O3. The number of rotatable bonds is 2. The van der Waals surface area contributed by atoms with Crippen molar-refractivity contribution in [2.75, 3.05) is 32.8 Å². The quantitative estimate of drug-likeness (QED) is 0.804. The third-order valence-electron chi connectivity index (χ3n) is 5.47. The summed E-state index contributed by atoms with van der Waals surface area (Å²) in [6.07, 6.45) is 4.86. The third kappa shape index (κ3) is 2.88. The number of ether oxygens (including phenoxy) is 2. The van der Waals surface area contributed by atoms with Gasteiger partial charge in [-0.05, 0) is 26.2 Å². The summed E-state index contributed by atoms with van der Waals surface area (Å²) in [7, 11) is 0. The average molecular weight is 335 g/mol. The Morgan fingerprint density at radius 2 is 2.17 bits per heavy atom. The molecule has 0 saturated carbocycles. The van der Waals surface area contributed by atoms with E-state index in [1.54, 1.807) is 6.20 Å². The topological polar surface area (TPSA) is 72.7 Å². The van der Waals surface area contributed by atoms with E-state index in [0.717, 1.165) is 51.1 Å². The standard InChI is InChI=1S/C16H25N5O3/c1-2-23-16(22)19-6-3-12(4-7-19)20-8-5-14-15(10-20)24-11-13-9-17-18-21(13)14/h9,12,14-15H,2-8,10-11H2,1H3/t14-,15-/m0/s1. The molecule has 2 fully saturated rings. The van der Waals surface area contributed by atoms with Crippen LogP contribution in [0, 0.1) is 0 Å². The first-order chi connectivity index (χ1) is 11.8. The zero-order valence-electron chi connectivity index (χ0n) is 14.1. The van der Waals surface area contributed by atoms with Crippen molar-refractivity contribution >= 4 is 6.09 Å². The zero-order valence-corrected chi connectivity index (χ0v) is 14.1. The minimum absolute atomic E-state index is 0.177. The van der Waals surface area contributed by atoms with Crippen LogP contribution >= 0.6 is 0 Å². The van der Waals surface area contributed by atoms with Crippen molar-refractivity contribution in [2.45, 2.75) is 51.0 Å². The molecule has 2 atom stereocenters. The van der Waals surface area contributed by atoms with Gasteiger partial charge in [0.05, 0.1) is 37.3 Å². The Morgan fingerprint density at radius 1 is 1.33 bits per heavy atom. The van der Waals surface area contributed by atoms with Crippen LogP contribution in [0.25, 0.3) is 0 Å². The third-order valence-corrected chi connectivity index (χ3v) is 5.47. The Labute approximate surface area is 141 Å². The summed E-state index contributed by atoms with van der Waals surface area (Å²) in [6.45, 7) is 6.44. The van der Waals surface area contributed by atoms with Crippen LogP contribution in [0.1, 0.15) is 37.9 Å². The summed E-state index contributed by atoms with van der Waals surface area (Å²) in [4.78, 5) is 16.2. The highest BCUT2D eigenvalue weighted by Crippen LogP contribution is 2.32. The Hall–Kier alpha value is -1.67. The molecule has 8 heteroatoms. The maximum atomic E-state index is 11.8. The number of hydrogen-bond acceptors (Lipinski definition) is 6. The molecule has 3 aliphatic heterocycles. The smallest absolute Gasteiger partial charge is 0.409 e. The van der Waals surface area contributed by atoms with E-state index in [9.17, 15) is 4.79 Å². The monoisotopic (exact) mass is 335 g/mol. The van der Waals surface area contributed by atoms with Crippen LogP contribution in [0.2, 0.25) is 0 Å². The maximum absolute atomic E-state index is 11.8. The first-order valence-electron chi connectivity index (χ1n) is 8.92. The average Bonchev–Trinajstić information content (AvgIpc) is 3.11. The van der Waals surface area contributed by atoms with Crippen molar-refractivity contribution in [1.82, 2.24) is 24.8 Å². The van der Waals surface area contributed by atoms with Crippen LogP contribution in [0.5, 0.6) is 0 Å². The number of nitrogens with zero attached hydrogens (tertiary/aromatic N) is 5. The van der Waals surface area contributed by atoms with E-state index >= 15 is 0 Å². The van der Waals surface area contributed by atoms with Gasteiger partial charge in [-0.25, -0.2) is 9.48 Å². The van der Waals surface area contributed by atoms with Gasteiger partial charge < -0.3 is 14.4 Å². The van der Waals surface area contributed by atoms with Crippen LogP contribution in [0.3, 0.4) is 0 Å². The fourth-order valence-electron chi connectivity index (χ4n) is 4.17. The molecule has 1 amide bonds. The molecule has 4 rings (SSSR count). The first-order valence-corrected chi connectivity index (χ1v) is 8.92. The molecule has 0 bridgehead atoms. The lowest BCUT2D eigenvalue weighted by molar-refractivity contribution is -0.0808. The van der Waals surface area contributed by atoms with E-state index in [2.05, 4.69) is 19.9 Å². The summed E-state index contributed by atoms with van der Waals surface area (Å²) in [5, 5.41) is 8.25. The summed E-state index contributed by atoms with van der Waals surface area (Å²) in [6, 6.07) is 0.837. The summed E-state index contributed by atoms with van der Waals surface area (Å²) < 4.78 is 13.2. The van der Waals surface area contributed by atoms with Crippen LogP contribution in [-0.2, 0) is 16.1 Å². The number of hydrogen-bond donors (Lipinski definition) is 0.